The molecule has 0 bridgehead atoms. The van der Waals surface area contributed by atoms with Gasteiger partial charge in [0.2, 0.25) is 0 Å². The Labute approximate surface area is 48.1 Å². The number of hydrogen-bond acceptors (Lipinski definition) is 2. The molecule has 0 aromatic heterocycles. The van der Waals surface area contributed by atoms with Gasteiger partial charge < -0.3 is 4.74 Å². The second-order valence-corrected chi connectivity index (χ2v) is 1.65. The summed E-state index contributed by atoms with van der Waals surface area (Å²) in [6.07, 6.45) is 4.59. The summed E-state index contributed by atoms with van der Waals surface area (Å²) in [7, 11) is 1.38. The number of rotatable bonds is 1. The zero-order valence-electron chi connectivity index (χ0n) is 4.73. The molecule has 0 unspecified atom stereocenters. The highest BCUT2D eigenvalue weighted by atomic mass is 16.5. The molecule has 0 aromatic rings. The van der Waals surface area contributed by atoms with E-state index in [1.54, 1.807) is 0 Å². The lowest BCUT2D eigenvalue weighted by molar-refractivity contribution is -0.136. The first kappa shape index (κ1) is 5.35. The summed E-state index contributed by atoms with van der Waals surface area (Å²) < 4.78 is 4.42. The molecule has 0 amide bonds. The molecule has 8 heavy (non-hydrogen) atoms. The first-order chi connectivity index (χ1) is 3.84. The van der Waals surface area contributed by atoms with Crippen molar-refractivity contribution in [3.8, 4) is 0 Å². The van der Waals surface area contributed by atoms with Crippen molar-refractivity contribution in [2.45, 2.75) is 12.8 Å². The number of esters is 1. The normalized spacial score (nSPS) is 16.4. The van der Waals surface area contributed by atoms with Gasteiger partial charge in [0.05, 0.1) is 7.11 Å². The molecule has 0 heterocycles. The van der Waals surface area contributed by atoms with E-state index >= 15 is 0 Å². The average Bonchev–Trinajstić information content (AvgIpc) is 1.62. The van der Waals surface area contributed by atoms with Crippen LogP contribution in [0.1, 0.15) is 12.8 Å². The maximum absolute atomic E-state index is 10.5. The van der Waals surface area contributed by atoms with Crippen LogP contribution in [0.3, 0.4) is 0 Å². The van der Waals surface area contributed by atoms with Gasteiger partial charge in [0.25, 0.3) is 0 Å². The fourth-order valence-electron chi connectivity index (χ4n) is 0.547. The van der Waals surface area contributed by atoms with Crippen LogP contribution >= 0.6 is 0 Å². The molecule has 0 aromatic carbocycles. The minimum atomic E-state index is -0.226. The van der Waals surface area contributed by atoms with Crippen LogP contribution in [0, 0.1) is 6.08 Å². The summed E-state index contributed by atoms with van der Waals surface area (Å²) in [4.78, 5) is 10.5. The van der Waals surface area contributed by atoms with Crippen LogP contribution in [0.15, 0.2) is 5.57 Å². The standard InChI is InChI=1S/C6H7O2/c1-8-6(7)5-3-2-4-5/h2-3H2,1H3. The molecule has 1 rings (SSSR count). The minimum absolute atomic E-state index is 0.226. The van der Waals surface area contributed by atoms with E-state index < -0.39 is 0 Å². The molecule has 0 spiro atoms. The van der Waals surface area contributed by atoms with Crippen LogP contribution in [-0.4, -0.2) is 13.1 Å². The Morgan fingerprint density at radius 2 is 2.50 bits per heavy atom. The first-order valence-electron chi connectivity index (χ1n) is 2.52. The third-order valence-electron chi connectivity index (χ3n) is 1.15. The minimum Gasteiger partial charge on any atom is -0.466 e. The SMILES string of the molecule is COC(=O)C1=[C]CC1. The van der Waals surface area contributed by atoms with Crippen LogP contribution in [0.4, 0.5) is 0 Å². The van der Waals surface area contributed by atoms with Gasteiger partial charge in [0, 0.05) is 5.57 Å². The second kappa shape index (κ2) is 1.99. The van der Waals surface area contributed by atoms with E-state index in [9.17, 15) is 4.79 Å². The molecule has 2 heteroatoms. The molecule has 0 saturated heterocycles. The fourth-order valence-corrected chi connectivity index (χ4v) is 0.547. The Morgan fingerprint density at radius 3 is 2.62 bits per heavy atom. The molecule has 0 aliphatic heterocycles. The monoisotopic (exact) mass is 111 g/mol. The highest BCUT2D eigenvalue weighted by Gasteiger charge is 2.14. The predicted octanol–water partition coefficient (Wildman–Crippen LogP) is 0.683. The molecule has 0 N–H and O–H groups in total. The lowest BCUT2D eigenvalue weighted by atomic mass is 10.00. The van der Waals surface area contributed by atoms with Crippen LogP contribution in [0.25, 0.3) is 0 Å². The van der Waals surface area contributed by atoms with E-state index in [1.165, 1.54) is 7.11 Å². The number of hydrogen-bond donors (Lipinski definition) is 0. The molecule has 1 aliphatic carbocycles. The Morgan fingerprint density at radius 1 is 1.88 bits per heavy atom. The van der Waals surface area contributed by atoms with E-state index in [2.05, 4.69) is 10.8 Å². The van der Waals surface area contributed by atoms with E-state index in [0.717, 1.165) is 12.8 Å². The highest BCUT2D eigenvalue weighted by molar-refractivity contribution is 5.88. The molecule has 0 atom stereocenters. The van der Waals surface area contributed by atoms with Crippen molar-refractivity contribution in [2.24, 2.45) is 0 Å². The van der Waals surface area contributed by atoms with E-state index in [-0.39, 0.29) is 5.97 Å². The molecule has 2 nitrogen and oxygen atoms in total. The Hall–Kier alpha value is -0.790. The Kier molecular flexibility index (Phi) is 1.33. The quantitative estimate of drug-likeness (QED) is 0.465. The van der Waals surface area contributed by atoms with Crippen molar-refractivity contribution in [3.63, 3.8) is 0 Å². The van der Waals surface area contributed by atoms with Crippen LogP contribution in [0.5, 0.6) is 0 Å². The predicted molar refractivity (Wildman–Crippen MR) is 28.0 cm³/mol. The molecule has 0 fully saturated rings. The third-order valence-corrected chi connectivity index (χ3v) is 1.15. The number of carbonyl (C=O) groups excluding carboxylic acids is 1. The smallest absolute Gasteiger partial charge is 0.334 e. The van der Waals surface area contributed by atoms with Crippen LogP contribution in [0.2, 0.25) is 0 Å². The van der Waals surface area contributed by atoms with E-state index in [0.29, 0.717) is 5.57 Å². The number of methoxy groups -OCH3 is 1. The van der Waals surface area contributed by atoms with Crippen LogP contribution in [-0.2, 0) is 9.53 Å². The third kappa shape index (κ3) is 0.735. The maximum Gasteiger partial charge on any atom is 0.334 e. The Bertz CT molecular complexity index is 135. The maximum atomic E-state index is 10.5. The zero-order valence-corrected chi connectivity index (χ0v) is 4.73. The topological polar surface area (TPSA) is 26.3 Å². The molecular weight excluding hydrogens is 104 g/mol. The van der Waals surface area contributed by atoms with Crippen LogP contribution < -0.4 is 0 Å². The summed E-state index contributed by atoms with van der Waals surface area (Å²) in [5, 5.41) is 0. The first-order valence-corrected chi connectivity index (χ1v) is 2.52. The molecule has 43 valence electrons. The molecule has 0 saturated carbocycles. The van der Waals surface area contributed by atoms with Crippen molar-refractivity contribution in [1.82, 2.24) is 0 Å². The molecule has 1 aliphatic rings. The number of carbonyl (C=O) groups is 1. The summed E-state index contributed by atoms with van der Waals surface area (Å²) >= 11 is 0. The summed E-state index contributed by atoms with van der Waals surface area (Å²) in [5.74, 6) is -0.226. The summed E-state index contributed by atoms with van der Waals surface area (Å²) in [5.41, 5.74) is 0.701. The van der Waals surface area contributed by atoms with Gasteiger partial charge in [-0.2, -0.15) is 0 Å². The second-order valence-electron chi connectivity index (χ2n) is 1.65. The van der Waals surface area contributed by atoms with Crippen molar-refractivity contribution in [3.05, 3.63) is 11.6 Å². The summed E-state index contributed by atoms with van der Waals surface area (Å²) in [6, 6.07) is 0. The lowest BCUT2D eigenvalue weighted by Gasteiger charge is -2.09. The number of ether oxygens (including phenoxy) is 1. The van der Waals surface area contributed by atoms with E-state index in [4.69, 9.17) is 0 Å². The van der Waals surface area contributed by atoms with Crippen molar-refractivity contribution >= 4 is 5.97 Å². The lowest BCUT2D eigenvalue weighted by Crippen LogP contribution is -2.09. The largest absolute Gasteiger partial charge is 0.466 e. The van der Waals surface area contributed by atoms with Crippen molar-refractivity contribution in [2.75, 3.05) is 7.11 Å². The molecular formula is C6H7O2. The average molecular weight is 111 g/mol. The highest BCUT2D eigenvalue weighted by Crippen LogP contribution is 2.16. The van der Waals surface area contributed by atoms with Gasteiger partial charge in [-0.1, -0.05) is 0 Å². The number of allylic oxidation sites excluding steroid dienone is 1. The Balaban J connectivity index is 2.47. The summed E-state index contributed by atoms with van der Waals surface area (Å²) in [6.45, 7) is 0. The fraction of sp³-hybridized carbons (Fsp3) is 0.500. The van der Waals surface area contributed by atoms with Crippen molar-refractivity contribution < 1.29 is 9.53 Å². The van der Waals surface area contributed by atoms with Gasteiger partial charge in [-0.15, -0.1) is 0 Å². The van der Waals surface area contributed by atoms with E-state index in [1.807, 2.05) is 0 Å². The van der Waals surface area contributed by atoms with Gasteiger partial charge in [-0.05, 0) is 18.9 Å². The van der Waals surface area contributed by atoms with Gasteiger partial charge in [0.15, 0.2) is 0 Å². The molecule has 1 radical (unpaired) electrons. The van der Waals surface area contributed by atoms with Gasteiger partial charge >= 0.3 is 5.97 Å². The van der Waals surface area contributed by atoms with Gasteiger partial charge in [-0.3, -0.25) is 0 Å². The van der Waals surface area contributed by atoms with Gasteiger partial charge in [0.1, 0.15) is 0 Å². The van der Waals surface area contributed by atoms with Crippen molar-refractivity contribution in [1.29, 1.82) is 0 Å². The van der Waals surface area contributed by atoms with Gasteiger partial charge in [-0.25, -0.2) is 4.79 Å². The zero-order chi connectivity index (χ0) is 5.98.